The van der Waals surface area contributed by atoms with Crippen molar-refractivity contribution in [1.29, 1.82) is 0 Å². The van der Waals surface area contributed by atoms with Gasteiger partial charge in [-0.25, -0.2) is 0 Å². The molecule has 1 aromatic carbocycles. The van der Waals surface area contributed by atoms with Crippen LogP contribution in [0.25, 0.3) is 0 Å². The molecule has 1 unspecified atom stereocenters. The minimum atomic E-state index is -0.228. The second-order valence-corrected chi connectivity index (χ2v) is 15.5. The van der Waals surface area contributed by atoms with Gasteiger partial charge in [0.15, 0.2) is 0 Å². The molecule has 276 valence electrons. The molecule has 0 saturated heterocycles. The number of thioether (sulfide) groups is 3. The van der Waals surface area contributed by atoms with E-state index in [1.807, 2.05) is 0 Å². The van der Waals surface area contributed by atoms with Crippen LogP contribution in [0.2, 0.25) is 0 Å². The second kappa shape index (κ2) is 31.5. The molecule has 0 aliphatic rings. The molecule has 48 heavy (non-hydrogen) atoms. The Labute approximate surface area is 305 Å². The Morgan fingerprint density at radius 1 is 0.792 bits per heavy atom. The van der Waals surface area contributed by atoms with Crippen LogP contribution in [-0.2, 0) is 18.5 Å². The van der Waals surface area contributed by atoms with Gasteiger partial charge in [-0.05, 0) is 43.6 Å². The van der Waals surface area contributed by atoms with E-state index in [0.717, 1.165) is 80.0 Å². The molecule has 10 nitrogen and oxygen atoms in total. The molecule has 1 atom stereocenters. The van der Waals surface area contributed by atoms with Gasteiger partial charge in [0.1, 0.15) is 18.1 Å². The first-order valence-electron chi connectivity index (χ1n) is 17.2. The predicted octanol–water partition coefficient (Wildman–Crippen LogP) is 6.37. The topological polar surface area (TPSA) is 146 Å². The quantitative estimate of drug-likeness (QED) is 0.0426. The van der Waals surface area contributed by atoms with Crippen molar-refractivity contribution in [3.63, 3.8) is 0 Å². The second-order valence-electron chi connectivity index (χ2n) is 10.9. The lowest BCUT2D eigenvalue weighted by Gasteiger charge is -2.14. The van der Waals surface area contributed by atoms with E-state index in [1.54, 1.807) is 53.5 Å². The van der Waals surface area contributed by atoms with Crippen LogP contribution in [0.15, 0.2) is 18.2 Å². The first-order valence-corrected chi connectivity index (χ1v) is 21.4. The van der Waals surface area contributed by atoms with Crippen molar-refractivity contribution >= 4 is 65.2 Å². The van der Waals surface area contributed by atoms with Crippen LogP contribution < -0.4 is 20.5 Å². The molecule has 1 amide bonds. The van der Waals surface area contributed by atoms with E-state index >= 15 is 0 Å². The molecule has 0 heterocycles. The van der Waals surface area contributed by atoms with Gasteiger partial charge in [-0.2, -0.15) is 35.3 Å². The van der Waals surface area contributed by atoms with E-state index in [-0.39, 0.29) is 29.7 Å². The highest BCUT2D eigenvalue weighted by atomic mass is 32.2. The van der Waals surface area contributed by atoms with E-state index in [4.69, 9.17) is 24.1 Å². The number of ether oxygens (including phenoxy) is 3. The van der Waals surface area contributed by atoms with Crippen molar-refractivity contribution in [2.24, 2.45) is 5.73 Å². The molecule has 4 N–H and O–H groups in total. The summed E-state index contributed by atoms with van der Waals surface area (Å²) < 4.78 is 22.5. The number of unbranched alkanes of at least 4 members (excludes halogenated alkanes) is 4. The number of amides is 1. The van der Waals surface area contributed by atoms with Crippen LogP contribution in [0.1, 0.15) is 88.4 Å². The molecule has 0 aliphatic carbocycles. The van der Waals surface area contributed by atoms with Gasteiger partial charge in [-0.1, -0.05) is 39.5 Å². The Bertz CT molecular complexity index is 992. The minimum absolute atomic E-state index is 0.0846. The lowest BCUT2D eigenvalue weighted by atomic mass is 10.2. The zero-order valence-corrected chi connectivity index (χ0v) is 32.1. The van der Waals surface area contributed by atoms with Crippen LogP contribution in [-0.4, -0.2) is 102 Å². The molecule has 1 aromatic rings. The molecular formula is C34H58N2O8S4. The Morgan fingerprint density at radius 2 is 1.46 bits per heavy atom. The third-order valence-corrected chi connectivity index (χ3v) is 11.0. The number of aliphatic hydroxyl groups excluding tert-OH is 1. The van der Waals surface area contributed by atoms with Gasteiger partial charge in [0.2, 0.25) is 0 Å². The molecule has 0 radical (unpaired) electrons. The Hall–Kier alpha value is -1.45. The number of nitrogens with one attached hydrogen (secondary N) is 1. The lowest BCUT2D eigenvalue weighted by molar-refractivity contribution is -0.143. The highest BCUT2D eigenvalue weighted by Gasteiger charge is 2.13. The van der Waals surface area contributed by atoms with Gasteiger partial charge in [-0.15, -0.1) is 0 Å². The number of nitrogens with two attached hydrogens (primary N) is 1. The standard InChI is InChI=1S/C34H58N2O8S4/c1-3-5-7-11-32(38)43-17-22-45-18-9-15-41-29-23-28(34(40)36-14-21-47-31(26-37)27-46-20-13-35)24-30(25-29)42-16-10-19-48-44-33(39)12-8-6-4-2/h23-25,31,37H,3-22,26-27,35H2,1-2H3,(H,36,40). The van der Waals surface area contributed by atoms with E-state index in [2.05, 4.69) is 19.2 Å². The van der Waals surface area contributed by atoms with E-state index in [0.29, 0.717) is 80.7 Å². The number of hydrogen-bond donors (Lipinski definition) is 3. The Balaban J connectivity index is 2.56. The number of rotatable bonds is 32. The van der Waals surface area contributed by atoms with Crippen LogP contribution in [0.5, 0.6) is 11.5 Å². The summed E-state index contributed by atoms with van der Waals surface area (Å²) in [6, 6.07) is 5.20. The SMILES string of the molecule is CCCCCC(=O)OCCSCCCOc1cc(OCCCSOC(=O)CCCCC)cc(C(=O)NCCSC(CO)CSCCN)c1. The van der Waals surface area contributed by atoms with E-state index < -0.39 is 0 Å². The largest absolute Gasteiger partial charge is 0.493 e. The normalized spacial score (nSPS) is 11.6. The van der Waals surface area contributed by atoms with Crippen molar-refractivity contribution in [3.8, 4) is 11.5 Å². The fourth-order valence-electron chi connectivity index (χ4n) is 4.05. The van der Waals surface area contributed by atoms with Crippen LogP contribution >= 0.6 is 47.3 Å². The van der Waals surface area contributed by atoms with Crippen molar-refractivity contribution in [2.75, 3.05) is 74.0 Å². The molecular weight excluding hydrogens is 693 g/mol. The molecule has 1 rings (SSSR count). The number of esters is 1. The van der Waals surface area contributed by atoms with Crippen LogP contribution in [0.3, 0.4) is 0 Å². The van der Waals surface area contributed by atoms with E-state index in [1.165, 1.54) is 0 Å². The third-order valence-electron chi connectivity index (χ3n) is 6.61. The monoisotopic (exact) mass is 750 g/mol. The number of benzene rings is 1. The van der Waals surface area contributed by atoms with Gasteiger partial charge in [0.25, 0.3) is 5.91 Å². The number of aliphatic hydroxyl groups is 1. The summed E-state index contributed by atoms with van der Waals surface area (Å²) in [5, 5.41) is 12.7. The Morgan fingerprint density at radius 3 is 2.10 bits per heavy atom. The summed E-state index contributed by atoms with van der Waals surface area (Å²) in [5.74, 6) is 5.09. The lowest BCUT2D eigenvalue weighted by Crippen LogP contribution is -2.27. The van der Waals surface area contributed by atoms with Crippen molar-refractivity contribution in [1.82, 2.24) is 5.32 Å². The average Bonchev–Trinajstić information content (AvgIpc) is 3.08. The molecule has 0 aromatic heterocycles. The van der Waals surface area contributed by atoms with Crippen molar-refractivity contribution < 1.29 is 37.9 Å². The van der Waals surface area contributed by atoms with Crippen molar-refractivity contribution in [3.05, 3.63) is 23.8 Å². The summed E-state index contributed by atoms with van der Waals surface area (Å²) in [6.07, 6.45) is 8.32. The fourth-order valence-corrected chi connectivity index (χ4v) is 7.34. The molecule has 0 spiro atoms. The first kappa shape index (κ1) is 44.6. The molecule has 0 bridgehead atoms. The third kappa shape index (κ3) is 24.6. The molecule has 14 heteroatoms. The zero-order valence-electron chi connectivity index (χ0n) is 28.9. The van der Waals surface area contributed by atoms with Gasteiger partial charge in [-0.3, -0.25) is 14.4 Å². The van der Waals surface area contributed by atoms with Crippen LogP contribution in [0.4, 0.5) is 0 Å². The van der Waals surface area contributed by atoms with Crippen molar-refractivity contribution in [2.45, 2.75) is 83.3 Å². The smallest absolute Gasteiger partial charge is 0.317 e. The average molecular weight is 751 g/mol. The zero-order chi connectivity index (χ0) is 35.1. The summed E-state index contributed by atoms with van der Waals surface area (Å²) >= 11 is 6.20. The maximum absolute atomic E-state index is 13.1. The first-order chi connectivity index (χ1) is 23.4. The maximum Gasteiger partial charge on any atom is 0.317 e. The van der Waals surface area contributed by atoms with Crippen LogP contribution in [0, 0.1) is 0 Å². The van der Waals surface area contributed by atoms with Gasteiger partial charge >= 0.3 is 11.9 Å². The fraction of sp³-hybridized carbons (Fsp3) is 0.735. The van der Waals surface area contributed by atoms with Gasteiger partial charge < -0.3 is 34.6 Å². The van der Waals surface area contributed by atoms with Gasteiger partial charge in [0, 0.05) is 71.6 Å². The number of hydrogen-bond acceptors (Lipinski definition) is 13. The predicted molar refractivity (Wildman–Crippen MR) is 204 cm³/mol. The maximum atomic E-state index is 13.1. The molecule has 0 aliphatic heterocycles. The summed E-state index contributed by atoms with van der Waals surface area (Å²) in [5.41, 5.74) is 5.99. The van der Waals surface area contributed by atoms with E-state index in [9.17, 15) is 19.5 Å². The summed E-state index contributed by atoms with van der Waals surface area (Å²) in [6.45, 7) is 6.64. The number of carbonyl (C=O) groups excluding carboxylic acids is 3. The summed E-state index contributed by atoms with van der Waals surface area (Å²) in [7, 11) is 0. The highest BCUT2D eigenvalue weighted by molar-refractivity contribution is 8.03. The number of carbonyl (C=O) groups is 3. The van der Waals surface area contributed by atoms with Gasteiger partial charge in [0.05, 0.1) is 31.9 Å². The minimum Gasteiger partial charge on any atom is -0.493 e. The Kier molecular flexibility index (Phi) is 29.3. The molecule has 0 saturated carbocycles. The highest BCUT2D eigenvalue weighted by Crippen LogP contribution is 2.24. The summed E-state index contributed by atoms with van der Waals surface area (Å²) in [4.78, 5) is 36.6. The molecule has 0 fully saturated rings.